The van der Waals surface area contributed by atoms with Crippen molar-refractivity contribution in [2.45, 2.75) is 33.1 Å². The molecule has 0 heterocycles. The summed E-state index contributed by atoms with van der Waals surface area (Å²) in [5, 5.41) is 2.46. The maximum atomic E-state index is 11.1. The molecule has 0 aliphatic carbocycles. The molecule has 0 rings (SSSR count). The second-order valence-electron chi connectivity index (χ2n) is 2.62. The Morgan fingerprint density at radius 1 is 1.42 bits per heavy atom. The average Bonchev–Trinajstić information content (AvgIpc) is 2.01. The van der Waals surface area contributed by atoms with Gasteiger partial charge in [0.25, 0.3) is 0 Å². The van der Waals surface area contributed by atoms with Gasteiger partial charge in [-0.3, -0.25) is 4.52 Å². The summed E-state index contributed by atoms with van der Waals surface area (Å²) >= 11 is 0. The Balaban J connectivity index is 3.49. The highest BCUT2D eigenvalue weighted by Crippen LogP contribution is 2.36. The fourth-order valence-corrected chi connectivity index (χ4v) is 1.61. The fraction of sp³-hybridized carbons (Fsp3) is 1.00. The Morgan fingerprint density at radius 3 is 2.58 bits per heavy atom. The normalized spacial score (nSPS) is 15.9. The lowest BCUT2D eigenvalue weighted by molar-refractivity contribution is 0.246. The molecule has 0 spiro atoms. The van der Waals surface area contributed by atoms with Crippen LogP contribution in [0.15, 0.2) is 0 Å². The number of rotatable bonds is 7. The van der Waals surface area contributed by atoms with Crippen LogP contribution in [0.4, 0.5) is 0 Å². The molecule has 1 atom stereocenters. The first kappa shape index (κ1) is 12.1. The van der Waals surface area contributed by atoms with E-state index in [2.05, 4.69) is 5.09 Å². The Morgan fingerprint density at radius 2 is 2.08 bits per heavy atom. The molecule has 0 bridgehead atoms. The summed E-state index contributed by atoms with van der Waals surface area (Å²) in [7, 11) is -3.49. The summed E-state index contributed by atoms with van der Waals surface area (Å²) in [6, 6.07) is 0. The highest BCUT2D eigenvalue weighted by molar-refractivity contribution is 7.50. The third kappa shape index (κ3) is 6.80. The minimum absolute atomic E-state index is 0.348. The molecule has 0 aliphatic rings. The van der Waals surface area contributed by atoms with Gasteiger partial charge in [-0.2, -0.15) is 0 Å². The molecule has 0 aromatic heterocycles. The van der Waals surface area contributed by atoms with E-state index in [9.17, 15) is 4.57 Å². The maximum absolute atomic E-state index is 11.1. The van der Waals surface area contributed by atoms with Crippen molar-refractivity contribution in [2.75, 3.05) is 13.2 Å². The average molecular weight is 195 g/mol. The second kappa shape index (κ2) is 6.61. The monoisotopic (exact) mass is 195 g/mol. The van der Waals surface area contributed by atoms with Crippen LogP contribution in [0.25, 0.3) is 0 Å². The van der Waals surface area contributed by atoms with Crippen molar-refractivity contribution in [1.82, 2.24) is 5.09 Å². The lowest BCUT2D eigenvalue weighted by Gasteiger charge is -2.11. The molecular formula is C7H18NO3P. The fourth-order valence-electron chi connectivity index (χ4n) is 0.631. The molecule has 0 aromatic rings. The van der Waals surface area contributed by atoms with Crippen LogP contribution in [-0.2, 0) is 9.09 Å². The predicted molar refractivity (Wildman–Crippen MR) is 49.0 cm³/mol. The summed E-state index contributed by atoms with van der Waals surface area (Å²) < 4.78 is 15.8. The van der Waals surface area contributed by atoms with Gasteiger partial charge in [0.15, 0.2) is 0 Å². The van der Waals surface area contributed by atoms with Gasteiger partial charge in [0.05, 0.1) is 6.61 Å². The molecule has 0 amide bonds. The first-order chi connectivity index (χ1) is 5.62. The van der Waals surface area contributed by atoms with E-state index < -0.39 is 7.75 Å². The summed E-state index contributed by atoms with van der Waals surface area (Å²) in [4.78, 5) is 9.09. The third-order valence-corrected chi connectivity index (χ3v) is 2.48. The van der Waals surface area contributed by atoms with Gasteiger partial charge in [0, 0.05) is 6.54 Å². The first-order valence-corrected chi connectivity index (χ1v) is 5.92. The zero-order valence-electron chi connectivity index (χ0n) is 7.75. The largest absolute Gasteiger partial charge is 0.402 e. The van der Waals surface area contributed by atoms with E-state index in [0.717, 1.165) is 19.3 Å². The van der Waals surface area contributed by atoms with E-state index in [1.54, 1.807) is 0 Å². The molecule has 0 radical (unpaired) electrons. The van der Waals surface area contributed by atoms with Crippen LogP contribution in [0.2, 0.25) is 0 Å². The van der Waals surface area contributed by atoms with Crippen molar-refractivity contribution < 1.29 is 14.0 Å². The van der Waals surface area contributed by atoms with Gasteiger partial charge in [0.2, 0.25) is 0 Å². The molecular weight excluding hydrogens is 177 g/mol. The SMILES string of the molecule is CCCCOP(=O)(O)NCCC. The summed E-state index contributed by atoms with van der Waals surface area (Å²) in [6.07, 6.45) is 2.60. The minimum atomic E-state index is -3.49. The first-order valence-electron chi connectivity index (χ1n) is 4.35. The van der Waals surface area contributed by atoms with E-state index in [1.165, 1.54) is 0 Å². The van der Waals surface area contributed by atoms with Crippen LogP contribution in [0.1, 0.15) is 33.1 Å². The molecule has 0 saturated heterocycles. The van der Waals surface area contributed by atoms with Gasteiger partial charge in [-0.15, -0.1) is 0 Å². The van der Waals surface area contributed by atoms with Crippen LogP contribution < -0.4 is 5.09 Å². The van der Waals surface area contributed by atoms with E-state index in [0.29, 0.717) is 13.2 Å². The molecule has 2 N–H and O–H groups in total. The van der Waals surface area contributed by atoms with Gasteiger partial charge >= 0.3 is 7.75 Å². The van der Waals surface area contributed by atoms with E-state index in [4.69, 9.17) is 9.42 Å². The van der Waals surface area contributed by atoms with E-state index >= 15 is 0 Å². The third-order valence-electron chi connectivity index (χ3n) is 1.33. The standard InChI is InChI=1S/C7H18NO3P/c1-3-5-7-11-12(9,10)8-6-4-2/h3-7H2,1-2H3,(H2,8,9,10). The van der Waals surface area contributed by atoms with Crippen molar-refractivity contribution in [3.05, 3.63) is 0 Å². The Labute approximate surface area is 73.9 Å². The molecule has 0 saturated carbocycles. The Hall–Kier alpha value is 0.110. The maximum Gasteiger partial charge on any atom is 0.402 e. The van der Waals surface area contributed by atoms with Gasteiger partial charge in [-0.05, 0) is 12.8 Å². The zero-order chi connectivity index (χ0) is 9.45. The van der Waals surface area contributed by atoms with Crippen LogP contribution in [0, 0.1) is 0 Å². The molecule has 4 nitrogen and oxygen atoms in total. The van der Waals surface area contributed by atoms with Crippen molar-refractivity contribution >= 4 is 7.75 Å². The number of unbranched alkanes of at least 4 members (excludes halogenated alkanes) is 1. The van der Waals surface area contributed by atoms with Crippen molar-refractivity contribution in [2.24, 2.45) is 0 Å². The molecule has 0 fully saturated rings. The minimum Gasteiger partial charge on any atom is -0.312 e. The lowest BCUT2D eigenvalue weighted by atomic mass is 10.4. The Bertz CT molecular complexity index is 152. The number of hydrogen-bond donors (Lipinski definition) is 2. The van der Waals surface area contributed by atoms with E-state index in [1.807, 2.05) is 13.8 Å². The highest BCUT2D eigenvalue weighted by atomic mass is 31.2. The molecule has 1 unspecified atom stereocenters. The summed E-state index contributed by atoms with van der Waals surface area (Å²) in [5.41, 5.74) is 0. The molecule has 12 heavy (non-hydrogen) atoms. The summed E-state index contributed by atoms with van der Waals surface area (Å²) in [6.45, 7) is 4.80. The Kier molecular flexibility index (Phi) is 6.67. The van der Waals surface area contributed by atoms with Gasteiger partial charge in [-0.1, -0.05) is 20.3 Å². The van der Waals surface area contributed by atoms with Crippen molar-refractivity contribution in [1.29, 1.82) is 0 Å². The van der Waals surface area contributed by atoms with Gasteiger partial charge in [0.1, 0.15) is 0 Å². The topological polar surface area (TPSA) is 58.6 Å². The van der Waals surface area contributed by atoms with E-state index in [-0.39, 0.29) is 0 Å². The smallest absolute Gasteiger partial charge is 0.312 e. The quantitative estimate of drug-likeness (QED) is 0.481. The zero-order valence-corrected chi connectivity index (χ0v) is 8.64. The van der Waals surface area contributed by atoms with Crippen LogP contribution in [0.5, 0.6) is 0 Å². The van der Waals surface area contributed by atoms with Gasteiger partial charge < -0.3 is 4.89 Å². The van der Waals surface area contributed by atoms with Crippen LogP contribution >= 0.6 is 7.75 Å². The van der Waals surface area contributed by atoms with Crippen LogP contribution in [-0.4, -0.2) is 18.0 Å². The van der Waals surface area contributed by atoms with Crippen LogP contribution in [0.3, 0.4) is 0 Å². The highest BCUT2D eigenvalue weighted by Gasteiger charge is 2.16. The van der Waals surface area contributed by atoms with Crippen molar-refractivity contribution in [3.8, 4) is 0 Å². The molecule has 5 heteroatoms. The number of hydrogen-bond acceptors (Lipinski definition) is 2. The lowest BCUT2D eigenvalue weighted by Crippen LogP contribution is -2.13. The number of nitrogens with one attached hydrogen (secondary N) is 1. The molecule has 0 aliphatic heterocycles. The van der Waals surface area contributed by atoms with Gasteiger partial charge in [-0.25, -0.2) is 9.65 Å². The molecule has 0 aromatic carbocycles. The summed E-state index contributed by atoms with van der Waals surface area (Å²) in [5.74, 6) is 0. The predicted octanol–water partition coefficient (Wildman–Crippen LogP) is 1.90. The second-order valence-corrected chi connectivity index (χ2v) is 4.23. The van der Waals surface area contributed by atoms with Crippen molar-refractivity contribution in [3.63, 3.8) is 0 Å². The molecule has 74 valence electrons.